The van der Waals surface area contributed by atoms with E-state index in [9.17, 15) is 4.79 Å². The minimum absolute atomic E-state index is 0.179. The minimum atomic E-state index is -0.976. The summed E-state index contributed by atoms with van der Waals surface area (Å²) in [6.45, 7) is 5.01. The van der Waals surface area contributed by atoms with E-state index in [1.165, 1.54) is 0 Å². The average molecular weight is 249 g/mol. The van der Waals surface area contributed by atoms with Crippen LogP contribution in [-0.4, -0.2) is 48.7 Å². The standard InChI is InChI=1S/C13H19N3O2/c1-9-8-15(2)5-6-16(9)10-3-4-12(14)11(7-10)13(17)18/h3-4,7,9H,5-6,8,14H2,1-2H3,(H,17,18). The first-order valence-electron chi connectivity index (χ1n) is 6.07. The lowest BCUT2D eigenvalue weighted by atomic mass is 10.1. The maximum Gasteiger partial charge on any atom is 0.337 e. The molecule has 0 aliphatic carbocycles. The van der Waals surface area contributed by atoms with Crippen molar-refractivity contribution in [3.05, 3.63) is 23.8 Å². The number of carbonyl (C=O) groups is 1. The number of aromatic carboxylic acids is 1. The van der Waals surface area contributed by atoms with E-state index in [1.807, 2.05) is 6.07 Å². The van der Waals surface area contributed by atoms with E-state index in [4.69, 9.17) is 10.8 Å². The molecule has 1 aromatic carbocycles. The Balaban J connectivity index is 2.28. The first kappa shape index (κ1) is 12.7. The molecule has 1 atom stereocenters. The van der Waals surface area contributed by atoms with Crippen LogP contribution in [0.15, 0.2) is 18.2 Å². The van der Waals surface area contributed by atoms with Gasteiger partial charge in [0, 0.05) is 37.1 Å². The molecule has 0 amide bonds. The molecule has 1 aromatic rings. The van der Waals surface area contributed by atoms with E-state index in [0.717, 1.165) is 25.3 Å². The normalized spacial score (nSPS) is 21.0. The van der Waals surface area contributed by atoms with Gasteiger partial charge in [0.25, 0.3) is 0 Å². The molecule has 1 aliphatic rings. The van der Waals surface area contributed by atoms with Crippen LogP contribution in [0.2, 0.25) is 0 Å². The third-order valence-electron chi connectivity index (χ3n) is 3.43. The van der Waals surface area contributed by atoms with E-state index in [-0.39, 0.29) is 5.56 Å². The smallest absolute Gasteiger partial charge is 0.337 e. The summed E-state index contributed by atoms with van der Waals surface area (Å²) in [4.78, 5) is 15.6. The summed E-state index contributed by atoms with van der Waals surface area (Å²) in [5, 5.41) is 9.09. The Morgan fingerprint density at radius 2 is 2.17 bits per heavy atom. The summed E-state index contributed by atoms with van der Waals surface area (Å²) >= 11 is 0. The maximum atomic E-state index is 11.1. The fraction of sp³-hybridized carbons (Fsp3) is 0.462. The monoisotopic (exact) mass is 249 g/mol. The quantitative estimate of drug-likeness (QED) is 0.768. The van der Waals surface area contributed by atoms with Crippen molar-refractivity contribution in [1.29, 1.82) is 0 Å². The molecule has 1 fully saturated rings. The zero-order valence-corrected chi connectivity index (χ0v) is 10.8. The highest BCUT2D eigenvalue weighted by molar-refractivity contribution is 5.94. The molecule has 0 aromatic heterocycles. The van der Waals surface area contributed by atoms with E-state index in [1.54, 1.807) is 12.1 Å². The van der Waals surface area contributed by atoms with Crippen LogP contribution in [0.25, 0.3) is 0 Å². The van der Waals surface area contributed by atoms with E-state index >= 15 is 0 Å². The summed E-state index contributed by atoms with van der Waals surface area (Å²) in [5.41, 5.74) is 7.09. The topological polar surface area (TPSA) is 69.8 Å². The molecule has 1 aliphatic heterocycles. The second-order valence-corrected chi connectivity index (χ2v) is 4.88. The summed E-state index contributed by atoms with van der Waals surface area (Å²) in [5.74, 6) is -0.976. The molecule has 5 heteroatoms. The van der Waals surface area contributed by atoms with Crippen LogP contribution in [0.3, 0.4) is 0 Å². The first-order valence-corrected chi connectivity index (χ1v) is 6.07. The van der Waals surface area contributed by atoms with Gasteiger partial charge < -0.3 is 20.6 Å². The molecule has 5 nitrogen and oxygen atoms in total. The highest BCUT2D eigenvalue weighted by Crippen LogP contribution is 2.24. The largest absolute Gasteiger partial charge is 0.478 e. The Morgan fingerprint density at radius 1 is 1.44 bits per heavy atom. The Hall–Kier alpha value is -1.75. The molecule has 0 saturated carbocycles. The molecule has 1 saturated heterocycles. The van der Waals surface area contributed by atoms with Gasteiger partial charge in [-0.15, -0.1) is 0 Å². The molecule has 98 valence electrons. The number of anilines is 2. The third-order valence-corrected chi connectivity index (χ3v) is 3.43. The number of hydrogen-bond acceptors (Lipinski definition) is 4. The molecular formula is C13H19N3O2. The lowest BCUT2D eigenvalue weighted by Gasteiger charge is -2.40. The van der Waals surface area contributed by atoms with Crippen LogP contribution in [0.5, 0.6) is 0 Å². The first-order chi connectivity index (χ1) is 8.49. The third kappa shape index (κ3) is 2.41. The fourth-order valence-electron chi connectivity index (χ4n) is 2.43. The number of benzene rings is 1. The van der Waals surface area contributed by atoms with E-state index in [2.05, 4.69) is 23.8 Å². The molecule has 18 heavy (non-hydrogen) atoms. The predicted molar refractivity (Wildman–Crippen MR) is 72.1 cm³/mol. The SMILES string of the molecule is CC1CN(C)CCN1c1ccc(N)c(C(=O)O)c1. The van der Waals surface area contributed by atoms with Gasteiger partial charge in [0.1, 0.15) is 0 Å². The van der Waals surface area contributed by atoms with Gasteiger partial charge in [-0.2, -0.15) is 0 Å². The van der Waals surface area contributed by atoms with Crippen molar-refractivity contribution in [3.8, 4) is 0 Å². The van der Waals surface area contributed by atoms with Crippen molar-refractivity contribution in [1.82, 2.24) is 4.90 Å². The second-order valence-electron chi connectivity index (χ2n) is 4.88. The number of hydrogen-bond donors (Lipinski definition) is 2. The zero-order valence-electron chi connectivity index (χ0n) is 10.8. The second kappa shape index (κ2) is 4.86. The van der Waals surface area contributed by atoms with Gasteiger partial charge in [-0.25, -0.2) is 4.79 Å². The molecule has 3 N–H and O–H groups in total. The molecule has 0 bridgehead atoms. The highest BCUT2D eigenvalue weighted by atomic mass is 16.4. The zero-order chi connectivity index (χ0) is 13.3. The van der Waals surface area contributed by atoms with Gasteiger partial charge in [-0.05, 0) is 32.2 Å². The van der Waals surface area contributed by atoms with E-state index in [0.29, 0.717) is 11.7 Å². The number of likely N-dealkylation sites (N-methyl/N-ethyl adjacent to an activating group) is 1. The van der Waals surface area contributed by atoms with Crippen molar-refractivity contribution in [2.75, 3.05) is 37.3 Å². The lowest BCUT2D eigenvalue weighted by Crippen LogP contribution is -2.50. The van der Waals surface area contributed by atoms with Gasteiger partial charge in [0.2, 0.25) is 0 Å². The number of nitrogens with two attached hydrogens (primary N) is 1. The highest BCUT2D eigenvalue weighted by Gasteiger charge is 2.22. The summed E-state index contributed by atoms with van der Waals surface area (Å²) in [6, 6.07) is 5.60. The molecule has 0 spiro atoms. The molecule has 1 unspecified atom stereocenters. The van der Waals surface area contributed by atoms with Gasteiger partial charge in [0.15, 0.2) is 0 Å². The van der Waals surface area contributed by atoms with Crippen LogP contribution in [0.4, 0.5) is 11.4 Å². The van der Waals surface area contributed by atoms with Gasteiger partial charge >= 0.3 is 5.97 Å². The lowest BCUT2D eigenvalue weighted by molar-refractivity contribution is 0.0698. The van der Waals surface area contributed by atoms with Crippen molar-refractivity contribution < 1.29 is 9.90 Å². The molecular weight excluding hydrogens is 230 g/mol. The maximum absolute atomic E-state index is 11.1. The van der Waals surface area contributed by atoms with Crippen molar-refractivity contribution in [3.63, 3.8) is 0 Å². The van der Waals surface area contributed by atoms with Crippen LogP contribution < -0.4 is 10.6 Å². The number of rotatable bonds is 2. The Kier molecular flexibility index (Phi) is 3.43. The van der Waals surface area contributed by atoms with Gasteiger partial charge in [-0.3, -0.25) is 0 Å². The van der Waals surface area contributed by atoms with Crippen molar-refractivity contribution >= 4 is 17.3 Å². The van der Waals surface area contributed by atoms with Gasteiger partial charge in [0.05, 0.1) is 5.56 Å². The summed E-state index contributed by atoms with van der Waals surface area (Å²) < 4.78 is 0. The number of nitrogen functional groups attached to an aromatic ring is 1. The van der Waals surface area contributed by atoms with E-state index < -0.39 is 5.97 Å². The number of carboxylic acids is 1. The van der Waals surface area contributed by atoms with Crippen LogP contribution in [-0.2, 0) is 0 Å². The van der Waals surface area contributed by atoms with Crippen molar-refractivity contribution in [2.45, 2.75) is 13.0 Å². The average Bonchev–Trinajstić information content (AvgIpc) is 2.30. The fourth-order valence-corrected chi connectivity index (χ4v) is 2.43. The number of carboxylic acid groups (broad SMARTS) is 1. The Morgan fingerprint density at radius 3 is 2.78 bits per heavy atom. The Labute approximate surface area is 107 Å². The van der Waals surface area contributed by atoms with Crippen LogP contribution >= 0.6 is 0 Å². The van der Waals surface area contributed by atoms with Gasteiger partial charge in [-0.1, -0.05) is 0 Å². The summed E-state index contributed by atoms with van der Waals surface area (Å²) in [6.07, 6.45) is 0. The van der Waals surface area contributed by atoms with Crippen LogP contribution in [0, 0.1) is 0 Å². The molecule has 1 heterocycles. The molecule has 0 radical (unpaired) electrons. The molecule has 2 rings (SSSR count). The summed E-state index contributed by atoms with van der Waals surface area (Å²) in [7, 11) is 2.10. The van der Waals surface area contributed by atoms with Crippen molar-refractivity contribution in [2.24, 2.45) is 0 Å². The minimum Gasteiger partial charge on any atom is -0.478 e. The Bertz CT molecular complexity index is 462. The number of nitrogens with zero attached hydrogens (tertiary/aromatic N) is 2. The predicted octanol–water partition coefficient (Wildman–Crippen LogP) is 1.11. The van der Waals surface area contributed by atoms with Crippen LogP contribution in [0.1, 0.15) is 17.3 Å². The number of piperazine rings is 1.